The lowest BCUT2D eigenvalue weighted by atomic mass is 9.95. The fourth-order valence-electron chi connectivity index (χ4n) is 3.06. The molecule has 0 fully saturated rings. The number of ether oxygens (including phenoxy) is 2. The second-order valence-electron chi connectivity index (χ2n) is 6.44. The molecule has 0 unspecified atom stereocenters. The average Bonchev–Trinajstić information content (AvgIpc) is 2.73. The van der Waals surface area contributed by atoms with Crippen LogP contribution < -0.4 is 15.4 Å². The highest BCUT2D eigenvalue weighted by atomic mass is 32.2. The number of hydrogen-bond acceptors (Lipinski definition) is 7. The summed E-state index contributed by atoms with van der Waals surface area (Å²) in [6.07, 6.45) is 0. The van der Waals surface area contributed by atoms with Gasteiger partial charge in [0.2, 0.25) is 0 Å². The number of rotatable bonds is 6. The number of phenols is 1. The van der Waals surface area contributed by atoms with Crippen molar-refractivity contribution in [1.82, 2.24) is 10.6 Å². The predicted octanol–water partition coefficient (Wildman–Crippen LogP) is 1.66. The van der Waals surface area contributed by atoms with Crippen LogP contribution in [0.25, 0.3) is 0 Å². The van der Waals surface area contributed by atoms with E-state index in [1.54, 1.807) is 0 Å². The Hall–Kier alpha value is -3.53. The van der Waals surface area contributed by atoms with Crippen LogP contribution in [0.5, 0.6) is 11.5 Å². The van der Waals surface area contributed by atoms with E-state index < -0.39 is 33.6 Å². The second kappa shape index (κ2) is 8.46. The molecule has 3 N–H and O–H groups in total. The molecule has 9 nitrogen and oxygen atoms in total. The summed E-state index contributed by atoms with van der Waals surface area (Å²) in [6, 6.07) is 9.98. The maximum atomic E-state index is 12.9. The van der Waals surface area contributed by atoms with Crippen molar-refractivity contribution in [2.45, 2.75) is 10.9 Å². The van der Waals surface area contributed by atoms with Crippen LogP contribution in [-0.2, 0) is 19.4 Å². The SMILES string of the molecule is COC(=O)C1=C(CS(=O)(=O)c2ccc(OC)cc2)NC(=O)N[C@@H]1c1ccc(O)cc1. The summed E-state index contributed by atoms with van der Waals surface area (Å²) in [6.45, 7) is 0. The number of sulfone groups is 1. The molecule has 10 heteroatoms. The number of urea groups is 1. The first kappa shape index (κ1) is 21.2. The van der Waals surface area contributed by atoms with Gasteiger partial charge in [-0.2, -0.15) is 0 Å². The molecule has 0 bridgehead atoms. The van der Waals surface area contributed by atoms with Crippen molar-refractivity contribution in [3.8, 4) is 11.5 Å². The molecule has 3 rings (SSSR count). The lowest BCUT2D eigenvalue weighted by Gasteiger charge is -2.29. The van der Waals surface area contributed by atoms with E-state index >= 15 is 0 Å². The number of aromatic hydroxyl groups is 1. The number of carbonyl (C=O) groups is 2. The number of methoxy groups -OCH3 is 2. The minimum absolute atomic E-state index is 0.00455. The van der Waals surface area contributed by atoms with E-state index in [2.05, 4.69) is 10.6 Å². The summed E-state index contributed by atoms with van der Waals surface area (Å²) >= 11 is 0. The van der Waals surface area contributed by atoms with Gasteiger partial charge in [0.15, 0.2) is 9.84 Å². The molecule has 30 heavy (non-hydrogen) atoms. The molecular formula is C20H20N2O7S. The molecule has 0 saturated heterocycles. The van der Waals surface area contributed by atoms with Crippen molar-refractivity contribution < 1.29 is 32.6 Å². The van der Waals surface area contributed by atoms with Gasteiger partial charge in [-0.05, 0) is 42.0 Å². The minimum Gasteiger partial charge on any atom is -0.508 e. The molecule has 1 aliphatic heterocycles. The summed E-state index contributed by atoms with van der Waals surface area (Å²) in [5, 5.41) is 14.5. The third kappa shape index (κ3) is 4.38. The Morgan fingerprint density at radius 3 is 2.27 bits per heavy atom. The van der Waals surface area contributed by atoms with E-state index in [4.69, 9.17) is 9.47 Å². The number of esters is 1. The van der Waals surface area contributed by atoms with Gasteiger partial charge in [0, 0.05) is 5.70 Å². The Morgan fingerprint density at radius 1 is 1.07 bits per heavy atom. The van der Waals surface area contributed by atoms with Gasteiger partial charge in [-0.1, -0.05) is 12.1 Å². The van der Waals surface area contributed by atoms with Crippen LogP contribution in [0.3, 0.4) is 0 Å². The molecule has 158 valence electrons. The van der Waals surface area contributed by atoms with E-state index in [1.807, 2.05) is 0 Å². The van der Waals surface area contributed by atoms with E-state index in [9.17, 15) is 23.1 Å². The molecule has 2 amide bonds. The average molecular weight is 432 g/mol. The molecular weight excluding hydrogens is 412 g/mol. The number of carbonyl (C=O) groups excluding carboxylic acids is 2. The van der Waals surface area contributed by atoms with Crippen LogP contribution in [0.1, 0.15) is 11.6 Å². The lowest BCUT2D eigenvalue weighted by molar-refractivity contribution is -0.136. The van der Waals surface area contributed by atoms with Gasteiger partial charge < -0.3 is 25.2 Å². The van der Waals surface area contributed by atoms with Crippen molar-refractivity contribution in [2.24, 2.45) is 0 Å². The zero-order chi connectivity index (χ0) is 21.9. The van der Waals surface area contributed by atoms with Crippen molar-refractivity contribution in [2.75, 3.05) is 20.0 Å². The standard InChI is InChI=1S/C20H20N2O7S/c1-28-14-7-9-15(10-8-14)30(26,27)11-16-17(19(24)29-2)18(22-20(25)21-16)12-3-5-13(23)6-4-12/h3-10,18,23H,11H2,1-2H3,(H2,21,22,25)/t18-/m1/s1. The first-order chi connectivity index (χ1) is 14.2. The van der Waals surface area contributed by atoms with Crippen LogP contribution in [0.4, 0.5) is 4.79 Å². The molecule has 0 spiro atoms. The van der Waals surface area contributed by atoms with Gasteiger partial charge in [-0.25, -0.2) is 18.0 Å². The Labute approximate surface area is 173 Å². The fraction of sp³-hybridized carbons (Fsp3) is 0.200. The molecule has 0 aromatic heterocycles. The molecule has 0 aliphatic carbocycles. The van der Waals surface area contributed by atoms with Crippen molar-refractivity contribution in [3.05, 3.63) is 65.4 Å². The minimum atomic E-state index is -3.90. The first-order valence-corrected chi connectivity index (χ1v) is 10.4. The summed E-state index contributed by atoms with van der Waals surface area (Å²) in [7, 11) is -1.27. The van der Waals surface area contributed by atoms with Crippen LogP contribution in [0.15, 0.2) is 64.7 Å². The van der Waals surface area contributed by atoms with E-state index in [-0.39, 0.29) is 21.9 Å². The Kier molecular flexibility index (Phi) is 5.97. The van der Waals surface area contributed by atoms with Crippen molar-refractivity contribution >= 4 is 21.8 Å². The highest BCUT2D eigenvalue weighted by Crippen LogP contribution is 2.30. The van der Waals surface area contributed by atoms with Gasteiger partial charge >= 0.3 is 12.0 Å². The quantitative estimate of drug-likeness (QED) is 0.592. The summed E-state index contributed by atoms with van der Waals surface area (Å²) < 4.78 is 35.7. The second-order valence-corrected chi connectivity index (χ2v) is 8.43. The van der Waals surface area contributed by atoms with Gasteiger partial charge in [0.05, 0.1) is 36.5 Å². The monoisotopic (exact) mass is 432 g/mol. The zero-order valence-corrected chi connectivity index (χ0v) is 17.0. The Balaban J connectivity index is 2.05. The number of phenolic OH excluding ortho intramolecular Hbond substituents is 1. The maximum absolute atomic E-state index is 12.9. The van der Waals surface area contributed by atoms with E-state index in [1.165, 1.54) is 55.6 Å². The zero-order valence-electron chi connectivity index (χ0n) is 16.2. The van der Waals surface area contributed by atoms with Crippen LogP contribution in [-0.4, -0.2) is 45.5 Å². The fourth-order valence-corrected chi connectivity index (χ4v) is 4.38. The van der Waals surface area contributed by atoms with Crippen LogP contribution >= 0.6 is 0 Å². The highest BCUT2D eigenvalue weighted by molar-refractivity contribution is 7.91. The maximum Gasteiger partial charge on any atom is 0.338 e. The summed E-state index contributed by atoms with van der Waals surface area (Å²) in [5.74, 6) is -0.914. The summed E-state index contributed by atoms with van der Waals surface area (Å²) in [5.41, 5.74) is 0.349. The molecule has 1 atom stereocenters. The highest BCUT2D eigenvalue weighted by Gasteiger charge is 2.35. The first-order valence-electron chi connectivity index (χ1n) is 8.80. The third-order valence-corrected chi connectivity index (χ3v) is 6.20. The predicted molar refractivity (Wildman–Crippen MR) is 107 cm³/mol. The molecule has 0 saturated carbocycles. The van der Waals surface area contributed by atoms with Gasteiger partial charge in [0.25, 0.3) is 0 Å². The smallest absolute Gasteiger partial charge is 0.338 e. The Morgan fingerprint density at radius 2 is 1.70 bits per heavy atom. The van der Waals surface area contributed by atoms with E-state index in [0.717, 1.165) is 7.11 Å². The van der Waals surface area contributed by atoms with Gasteiger partial charge in [-0.3, -0.25) is 0 Å². The third-order valence-electron chi connectivity index (χ3n) is 4.54. The molecule has 2 aromatic carbocycles. The van der Waals surface area contributed by atoms with E-state index in [0.29, 0.717) is 11.3 Å². The van der Waals surface area contributed by atoms with Gasteiger partial charge in [0.1, 0.15) is 11.5 Å². The number of benzene rings is 2. The molecule has 1 heterocycles. The van der Waals surface area contributed by atoms with Crippen molar-refractivity contribution in [3.63, 3.8) is 0 Å². The molecule has 0 radical (unpaired) electrons. The number of amides is 2. The molecule has 2 aromatic rings. The van der Waals surface area contributed by atoms with Crippen molar-refractivity contribution in [1.29, 1.82) is 0 Å². The van der Waals surface area contributed by atoms with Crippen LogP contribution in [0.2, 0.25) is 0 Å². The number of nitrogens with one attached hydrogen (secondary N) is 2. The van der Waals surface area contributed by atoms with Gasteiger partial charge in [-0.15, -0.1) is 0 Å². The number of hydrogen-bond donors (Lipinski definition) is 3. The topological polar surface area (TPSA) is 131 Å². The normalized spacial score (nSPS) is 16.5. The molecule has 1 aliphatic rings. The van der Waals surface area contributed by atoms with Crippen LogP contribution in [0, 0.1) is 0 Å². The summed E-state index contributed by atoms with van der Waals surface area (Å²) in [4.78, 5) is 24.7. The Bertz CT molecular complexity index is 1090. The lowest BCUT2D eigenvalue weighted by Crippen LogP contribution is -2.47. The largest absolute Gasteiger partial charge is 0.508 e.